The van der Waals surface area contributed by atoms with Gasteiger partial charge in [-0.3, -0.25) is 0 Å². The van der Waals surface area contributed by atoms with Gasteiger partial charge in [-0.2, -0.15) is 0 Å². The third kappa shape index (κ3) is 3.46. The molecule has 0 radical (unpaired) electrons. The highest BCUT2D eigenvalue weighted by Gasteiger charge is 2.21. The standard InChI is InChI=1S/C13H16Br2O2/c1-16-9-4-5-11(12(14)7-9)13(15)8-10-3-2-6-17-10/h4-5,7,10,13H,2-3,6,8H2,1H3. The van der Waals surface area contributed by atoms with Crippen molar-refractivity contribution in [2.24, 2.45) is 0 Å². The van der Waals surface area contributed by atoms with Crippen LogP contribution in [0.2, 0.25) is 0 Å². The van der Waals surface area contributed by atoms with E-state index < -0.39 is 0 Å². The Morgan fingerprint density at radius 1 is 1.53 bits per heavy atom. The second-order valence-electron chi connectivity index (χ2n) is 4.23. The molecule has 0 amide bonds. The number of halogens is 2. The minimum absolute atomic E-state index is 0.325. The number of hydrogen-bond acceptors (Lipinski definition) is 2. The summed E-state index contributed by atoms with van der Waals surface area (Å²) in [6.45, 7) is 0.911. The van der Waals surface area contributed by atoms with Crippen LogP contribution in [0.3, 0.4) is 0 Å². The first-order valence-corrected chi connectivity index (χ1v) is 7.50. The molecule has 1 fully saturated rings. The number of ether oxygens (including phenoxy) is 2. The lowest BCUT2D eigenvalue weighted by atomic mass is 10.0. The summed E-state index contributed by atoms with van der Waals surface area (Å²) in [5, 5.41) is 0. The summed E-state index contributed by atoms with van der Waals surface area (Å²) < 4.78 is 11.9. The molecular weight excluding hydrogens is 348 g/mol. The molecule has 2 nitrogen and oxygen atoms in total. The number of hydrogen-bond donors (Lipinski definition) is 0. The van der Waals surface area contributed by atoms with Gasteiger partial charge < -0.3 is 9.47 Å². The van der Waals surface area contributed by atoms with Crippen LogP contribution in [0.25, 0.3) is 0 Å². The third-order valence-corrected chi connectivity index (χ3v) is 4.59. The predicted octanol–water partition coefficient (Wildman–Crippen LogP) is 4.46. The van der Waals surface area contributed by atoms with Crippen molar-refractivity contribution in [1.29, 1.82) is 0 Å². The van der Waals surface area contributed by atoms with Crippen LogP contribution in [-0.2, 0) is 4.74 Å². The van der Waals surface area contributed by atoms with Gasteiger partial charge in [0.1, 0.15) is 5.75 Å². The normalized spacial score (nSPS) is 21.5. The van der Waals surface area contributed by atoms with E-state index in [1.807, 2.05) is 12.1 Å². The Morgan fingerprint density at radius 2 is 2.35 bits per heavy atom. The van der Waals surface area contributed by atoms with Gasteiger partial charge in [-0.25, -0.2) is 0 Å². The first-order chi connectivity index (χ1) is 8.20. The van der Waals surface area contributed by atoms with Crippen molar-refractivity contribution in [3.05, 3.63) is 28.2 Å². The lowest BCUT2D eigenvalue weighted by Crippen LogP contribution is -2.08. The van der Waals surface area contributed by atoms with Crippen molar-refractivity contribution in [3.8, 4) is 5.75 Å². The van der Waals surface area contributed by atoms with E-state index in [9.17, 15) is 0 Å². The largest absolute Gasteiger partial charge is 0.497 e. The number of rotatable bonds is 4. The predicted molar refractivity (Wildman–Crippen MR) is 76.0 cm³/mol. The molecule has 1 aliphatic heterocycles. The maximum Gasteiger partial charge on any atom is 0.120 e. The minimum atomic E-state index is 0.325. The summed E-state index contributed by atoms with van der Waals surface area (Å²) in [6, 6.07) is 6.08. The van der Waals surface area contributed by atoms with Gasteiger partial charge in [0.2, 0.25) is 0 Å². The van der Waals surface area contributed by atoms with Crippen molar-refractivity contribution in [1.82, 2.24) is 0 Å². The molecule has 94 valence electrons. The second kappa shape index (κ2) is 6.21. The van der Waals surface area contributed by atoms with Gasteiger partial charge in [-0.05, 0) is 37.0 Å². The fourth-order valence-electron chi connectivity index (χ4n) is 2.08. The monoisotopic (exact) mass is 362 g/mol. The molecule has 0 spiro atoms. The molecule has 1 aromatic rings. The Bertz CT molecular complexity index is 376. The molecule has 17 heavy (non-hydrogen) atoms. The Balaban J connectivity index is 2.04. The van der Waals surface area contributed by atoms with E-state index in [-0.39, 0.29) is 0 Å². The first-order valence-electron chi connectivity index (χ1n) is 5.80. The fourth-order valence-corrected chi connectivity index (χ4v) is 3.83. The lowest BCUT2D eigenvalue weighted by Gasteiger charge is -2.16. The van der Waals surface area contributed by atoms with Crippen molar-refractivity contribution in [3.63, 3.8) is 0 Å². The maximum absolute atomic E-state index is 5.66. The molecule has 2 atom stereocenters. The first kappa shape index (κ1) is 13.4. The van der Waals surface area contributed by atoms with E-state index in [1.54, 1.807) is 7.11 Å². The Kier molecular flexibility index (Phi) is 4.88. The zero-order valence-electron chi connectivity index (χ0n) is 9.79. The fraction of sp³-hybridized carbons (Fsp3) is 0.538. The van der Waals surface area contributed by atoms with E-state index >= 15 is 0 Å². The molecule has 0 aromatic heterocycles. The lowest BCUT2D eigenvalue weighted by molar-refractivity contribution is 0.104. The summed E-state index contributed by atoms with van der Waals surface area (Å²) >= 11 is 7.33. The highest BCUT2D eigenvalue weighted by Crippen LogP contribution is 2.37. The van der Waals surface area contributed by atoms with E-state index in [0.29, 0.717) is 10.9 Å². The van der Waals surface area contributed by atoms with Crippen LogP contribution < -0.4 is 4.74 Å². The molecule has 2 rings (SSSR count). The average molecular weight is 364 g/mol. The highest BCUT2D eigenvalue weighted by atomic mass is 79.9. The summed E-state index contributed by atoms with van der Waals surface area (Å²) in [5.41, 5.74) is 1.25. The Labute approximate surface area is 119 Å². The second-order valence-corrected chi connectivity index (χ2v) is 6.19. The quantitative estimate of drug-likeness (QED) is 0.735. The number of alkyl halides is 1. The van der Waals surface area contributed by atoms with Crippen molar-refractivity contribution in [2.45, 2.75) is 30.2 Å². The molecule has 4 heteroatoms. The zero-order chi connectivity index (χ0) is 12.3. The van der Waals surface area contributed by atoms with Crippen LogP contribution in [0, 0.1) is 0 Å². The van der Waals surface area contributed by atoms with Crippen molar-refractivity contribution in [2.75, 3.05) is 13.7 Å². The van der Waals surface area contributed by atoms with Crippen LogP contribution in [0.5, 0.6) is 5.75 Å². The van der Waals surface area contributed by atoms with E-state index in [0.717, 1.165) is 23.2 Å². The number of benzene rings is 1. The molecule has 1 heterocycles. The van der Waals surface area contributed by atoms with Gasteiger partial charge >= 0.3 is 0 Å². The van der Waals surface area contributed by atoms with Crippen LogP contribution in [0.4, 0.5) is 0 Å². The Morgan fingerprint density at radius 3 is 2.94 bits per heavy atom. The summed E-state index contributed by atoms with van der Waals surface area (Å²) in [6.07, 6.45) is 3.78. The van der Waals surface area contributed by atoms with Gasteiger partial charge in [0.05, 0.1) is 13.2 Å². The van der Waals surface area contributed by atoms with E-state index in [4.69, 9.17) is 9.47 Å². The summed E-state index contributed by atoms with van der Waals surface area (Å²) in [4.78, 5) is 0.325. The molecule has 1 aliphatic rings. The molecule has 2 unspecified atom stereocenters. The molecular formula is C13H16Br2O2. The molecule has 0 aliphatic carbocycles. The molecule has 0 saturated carbocycles. The topological polar surface area (TPSA) is 18.5 Å². The highest BCUT2D eigenvalue weighted by molar-refractivity contribution is 9.11. The third-order valence-electron chi connectivity index (χ3n) is 3.04. The van der Waals surface area contributed by atoms with Crippen LogP contribution in [0.15, 0.2) is 22.7 Å². The van der Waals surface area contributed by atoms with Crippen LogP contribution >= 0.6 is 31.9 Å². The van der Waals surface area contributed by atoms with E-state index in [2.05, 4.69) is 37.9 Å². The number of methoxy groups -OCH3 is 1. The van der Waals surface area contributed by atoms with Crippen LogP contribution in [0.1, 0.15) is 29.7 Å². The van der Waals surface area contributed by atoms with Gasteiger partial charge in [-0.15, -0.1) is 0 Å². The zero-order valence-corrected chi connectivity index (χ0v) is 13.0. The van der Waals surface area contributed by atoms with Gasteiger partial charge in [0.15, 0.2) is 0 Å². The van der Waals surface area contributed by atoms with Gasteiger partial charge in [0.25, 0.3) is 0 Å². The Hall–Kier alpha value is -0.0600. The summed E-state index contributed by atoms with van der Waals surface area (Å²) in [7, 11) is 1.68. The smallest absolute Gasteiger partial charge is 0.120 e. The van der Waals surface area contributed by atoms with E-state index in [1.165, 1.54) is 18.4 Å². The van der Waals surface area contributed by atoms with Gasteiger partial charge in [0, 0.05) is 15.9 Å². The summed E-state index contributed by atoms with van der Waals surface area (Å²) in [5.74, 6) is 0.873. The van der Waals surface area contributed by atoms with Crippen LogP contribution in [-0.4, -0.2) is 19.8 Å². The molecule has 0 N–H and O–H groups in total. The SMILES string of the molecule is COc1ccc(C(Br)CC2CCCO2)c(Br)c1. The van der Waals surface area contributed by atoms with Crippen molar-refractivity contribution < 1.29 is 9.47 Å². The maximum atomic E-state index is 5.66. The van der Waals surface area contributed by atoms with Crippen molar-refractivity contribution >= 4 is 31.9 Å². The minimum Gasteiger partial charge on any atom is -0.497 e. The molecule has 1 saturated heterocycles. The van der Waals surface area contributed by atoms with Gasteiger partial charge in [-0.1, -0.05) is 37.9 Å². The average Bonchev–Trinajstić information content (AvgIpc) is 2.81. The molecule has 0 bridgehead atoms. The molecule has 1 aromatic carbocycles.